The lowest BCUT2D eigenvalue weighted by Gasteiger charge is -2.44. The summed E-state index contributed by atoms with van der Waals surface area (Å²) in [5, 5.41) is 0. The molecule has 3 rings (SSSR count). The van der Waals surface area contributed by atoms with Gasteiger partial charge in [0, 0.05) is 19.1 Å². The molecule has 1 aromatic rings. The minimum atomic E-state index is -4.37. The number of hydrogen-bond donors (Lipinski definition) is 0. The molecule has 0 spiro atoms. The molecule has 0 amide bonds. The van der Waals surface area contributed by atoms with Gasteiger partial charge in [-0.2, -0.15) is 13.2 Å². The summed E-state index contributed by atoms with van der Waals surface area (Å²) in [6, 6.07) is 5.39. The Morgan fingerprint density at radius 2 is 1.78 bits per heavy atom. The van der Waals surface area contributed by atoms with Crippen molar-refractivity contribution in [2.75, 3.05) is 20.2 Å². The topological polar surface area (TPSA) is 38.8 Å². The van der Waals surface area contributed by atoms with E-state index in [1.54, 1.807) is 0 Å². The van der Waals surface area contributed by atoms with Crippen molar-refractivity contribution in [2.24, 2.45) is 11.8 Å². The first-order chi connectivity index (χ1) is 15.2. The number of carbonyl (C=O) groups is 1. The van der Waals surface area contributed by atoms with Crippen molar-refractivity contribution in [2.45, 2.75) is 83.2 Å². The normalized spacial score (nSPS) is 24.9. The smallest absolute Gasteiger partial charge is 0.416 e. The van der Waals surface area contributed by atoms with Crippen LogP contribution in [0.1, 0.15) is 76.0 Å². The number of methoxy groups -OCH3 is 1. The van der Waals surface area contributed by atoms with Gasteiger partial charge in [0.25, 0.3) is 0 Å². The first-order valence-corrected chi connectivity index (χ1v) is 11.8. The van der Waals surface area contributed by atoms with Crippen LogP contribution in [0.15, 0.2) is 24.3 Å². The second-order valence-corrected chi connectivity index (χ2v) is 9.72. The monoisotopic (exact) mass is 455 g/mol. The second-order valence-electron chi connectivity index (χ2n) is 9.72. The maximum Gasteiger partial charge on any atom is 0.416 e. The van der Waals surface area contributed by atoms with Gasteiger partial charge in [-0.25, -0.2) is 0 Å². The highest BCUT2D eigenvalue weighted by Gasteiger charge is 2.38. The van der Waals surface area contributed by atoms with E-state index in [1.165, 1.54) is 44.9 Å². The third-order valence-corrected chi connectivity index (χ3v) is 6.70. The fourth-order valence-electron chi connectivity index (χ4n) is 5.17. The van der Waals surface area contributed by atoms with E-state index >= 15 is 0 Å². The summed E-state index contributed by atoms with van der Waals surface area (Å²) >= 11 is 0. The second kappa shape index (κ2) is 11.0. The van der Waals surface area contributed by atoms with Gasteiger partial charge in [0.15, 0.2) is 0 Å². The molecule has 4 nitrogen and oxygen atoms in total. The van der Waals surface area contributed by atoms with Crippen LogP contribution in [-0.4, -0.2) is 43.2 Å². The van der Waals surface area contributed by atoms with Gasteiger partial charge in [-0.3, -0.25) is 9.69 Å². The zero-order valence-corrected chi connectivity index (χ0v) is 19.4. The Morgan fingerprint density at radius 1 is 1.12 bits per heavy atom. The molecule has 3 atom stereocenters. The molecule has 1 heterocycles. The van der Waals surface area contributed by atoms with Crippen LogP contribution in [0, 0.1) is 11.8 Å². The summed E-state index contributed by atoms with van der Waals surface area (Å²) in [5.41, 5.74) is 0.0717. The van der Waals surface area contributed by atoms with E-state index in [1.807, 2.05) is 0 Å². The van der Waals surface area contributed by atoms with Gasteiger partial charge in [0.05, 0.1) is 31.3 Å². The molecule has 0 aromatic heterocycles. The fourth-order valence-corrected chi connectivity index (χ4v) is 5.17. The molecular weight excluding hydrogens is 419 g/mol. The van der Waals surface area contributed by atoms with E-state index in [4.69, 9.17) is 9.47 Å². The summed E-state index contributed by atoms with van der Waals surface area (Å²) in [4.78, 5) is 14.3. The van der Waals surface area contributed by atoms with Crippen molar-refractivity contribution in [1.29, 1.82) is 0 Å². The molecule has 1 aliphatic carbocycles. The van der Waals surface area contributed by atoms with E-state index in [0.29, 0.717) is 11.8 Å². The van der Waals surface area contributed by atoms with Crippen LogP contribution in [0.4, 0.5) is 13.2 Å². The number of carbonyl (C=O) groups excluding carboxylic acids is 1. The maximum atomic E-state index is 13.1. The molecule has 0 radical (unpaired) electrons. The lowest BCUT2D eigenvalue weighted by molar-refractivity contribution is -0.151. The van der Waals surface area contributed by atoms with Crippen LogP contribution in [0.2, 0.25) is 0 Å². The third kappa shape index (κ3) is 6.70. The molecule has 2 fully saturated rings. The van der Waals surface area contributed by atoms with Crippen molar-refractivity contribution < 1.29 is 27.4 Å². The molecule has 1 aromatic carbocycles. The Hall–Kier alpha value is -1.60. The van der Waals surface area contributed by atoms with Gasteiger partial charge in [0.2, 0.25) is 0 Å². The number of esters is 1. The molecule has 180 valence electrons. The molecule has 0 unspecified atom stereocenters. The van der Waals surface area contributed by atoms with Gasteiger partial charge in [-0.05, 0) is 55.2 Å². The van der Waals surface area contributed by atoms with E-state index < -0.39 is 11.7 Å². The minimum Gasteiger partial charge on any atom is -0.469 e. The predicted octanol–water partition coefficient (Wildman–Crippen LogP) is 6.01. The van der Waals surface area contributed by atoms with Crippen LogP contribution < -0.4 is 0 Å². The van der Waals surface area contributed by atoms with E-state index in [2.05, 4.69) is 18.7 Å². The van der Waals surface area contributed by atoms with Gasteiger partial charge in [0.1, 0.15) is 0 Å². The van der Waals surface area contributed by atoms with Crippen LogP contribution >= 0.6 is 0 Å². The summed E-state index contributed by atoms with van der Waals surface area (Å²) < 4.78 is 50.5. The quantitative estimate of drug-likeness (QED) is 0.450. The van der Waals surface area contributed by atoms with Crippen LogP contribution in [0.25, 0.3) is 0 Å². The highest BCUT2D eigenvalue weighted by Crippen LogP contribution is 2.39. The van der Waals surface area contributed by atoms with Gasteiger partial charge in [-0.15, -0.1) is 0 Å². The number of benzene rings is 1. The first kappa shape index (κ1) is 25.0. The molecule has 0 bridgehead atoms. The van der Waals surface area contributed by atoms with Crippen LogP contribution in [0.5, 0.6) is 0 Å². The van der Waals surface area contributed by atoms with E-state index in [9.17, 15) is 18.0 Å². The SMILES string of the molecule is COC(=O)C[C@@H]1CC[C@@H](N(CC(C)C)CC2CCCC2)[C@H](c2ccc(C(F)(F)F)cc2)O1. The van der Waals surface area contributed by atoms with Crippen LogP contribution in [0.3, 0.4) is 0 Å². The molecule has 1 saturated heterocycles. The van der Waals surface area contributed by atoms with Crippen molar-refractivity contribution in [3.63, 3.8) is 0 Å². The van der Waals surface area contributed by atoms with Crippen molar-refractivity contribution in [3.05, 3.63) is 35.4 Å². The molecule has 1 aliphatic heterocycles. The van der Waals surface area contributed by atoms with Crippen molar-refractivity contribution in [1.82, 2.24) is 4.90 Å². The Labute approximate surface area is 189 Å². The largest absolute Gasteiger partial charge is 0.469 e. The molecular formula is C25H36F3NO3. The number of alkyl halides is 3. The number of halogens is 3. The number of nitrogens with zero attached hydrogens (tertiary/aromatic N) is 1. The number of hydrogen-bond acceptors (Lipinski definition) is 4. The molecule has 2 aliphatic rings. The highest BCUT2D eigenvalue weighted by atomic mass is 19.4. The Balaban J connectivity index is 1.85. The highest BCUT2D eigenvalue weighted by molar-refractivity contribution is 5.69. The molecule has 32 heavy (non-hydrogen) atoms. The third-order valence-electron chi connectivity index (χ3n) is 6.70. The van der Waals surface area contributed by atoms with Gasteiger partial charge in [-0.1, -0.05) is 38.8 Å². The van der Waals surface area contributed by atoms with Gasteiger partial charge >= 0.3 is 12.1 Å². The molecule has 0 N–H and O–H groups in total. The maximum absolute atomic E-state index is 13.1. The van der Waals surface area contributed by atoms with Gasteiger partial charge < -0.3 is 9.47 Å². The summed E-state index contributed by atoms with van der Waals surface area (Å²) in [5.74, 6) is 0.803. The standard InChI is InChI=1S/C25H36F3NO3/c1-17(2)15-29(16-18-6-4-5-7-18)22-13-12-21(14-23(30)31-3)32-24(22)19-8-10-20(11-9-19)25(26,27)28/h8-11,17-18,21-22,24H,4-7,12-16H2,1-3H3/t21-,22+,24-/m0/s1. The molecule has 1 saturated carbocycles. The Morgan fingerprint density at radius 3 is 2.34 bits per heavy atom. The average molecular weight is 456 g/mol. The van der Waals surface area contributed by atoms with E-state index in [-0.39, 0.29) is 30.6 Å². The average Bonchev–Trinajstić information content (AvgIpc) is 3.25. The number of rotatable bonds is 8. The lowest BCUT2D eigenvalue weighted by Crippen LogP contribution is -2.48. The zero-order valence-electron chi connectivity index (χ0n) is 19.4. The predicted molar refractivity (Wildman–Crippen MR) is 117 cm³/mol. The van der Waals surface area contributed by atoms with Crippen LogP contribution in [-0.2, 0) is 20.4 Å². The van der Waals surface area contributed by atoms with E-state index in [0.717, 1.165) is 43.6 Å². The lowest BCUT2D eigenvalue weighted by atomic mass is 9.89. The van der Waals surface area contributed by atoms with Crippen molar-refractivity contribution >= 4 is 5.97 Å². The Kier molecular flexibility index (Phi) is 8.62. The number of ether oxygens (including phenoxy) is 2. The van der Waals surface area contributed by atoms with Crippen molar-refractivity contribution in [3.8, 4) is 0 Å². The Bertz CT molecular complexity index is 729. The zero-order chi connectivity index (χ0) is 23.3. The summed E-state index contributed by atoms with van der Waals surface area (Å²) in [6.07, 6.45) is 1.70. The summed E-state index contributed by atoms with van der Waals surface area (Å²) in [7, 11) is 1.35. The summed E-state index contributed by atoms with van der Waals surface area (Å²) in [6.45, 7) is 6.30. The minimum absolute atomic E-state index is 0.0728. The fraction of sp³-hybridized carbons (Fsp3) is 0.720. The first-order valence-electron chi connectivity index (χ1n) is 11.8. The molecule has 7 heteroatoms.